The van der Waals surface area contributed by atoms with Gasteiger partial charge in [0.2, 0.25) is 0 Å². The fraction of sp³-hybridized carbons (Fsp3) is 0.778. The monoisotopic (exact) mass is 142 g/mol. The summed E-state index contributed by atoms with van der Waals surface area (Å²) in [7, 11) is 0. The molecule has 0 aliphatic heterocycles. The van der Waals surface area contributed by atoms with Crippen LogP contribution in [0.4, 0.5) is 0 Å². The molecular weight excluding hydrogens is 124 g/mol. The third kappa shape index (κ3) is 5.83. The van der Waals surface area contributed by atoms with Gasteiger partial charge in [-0.2, -0.15) is 0 Å². The van der Waals surface area contributed by atoms with E-state index in [0.717, 1.165) is 12.8 Å². The summed E-state index contributed by atoms with van der Waals surface area (Å²) in [5.41, 5.74) is 0. The number of rotatable bonds is 5. The van der Waals surface area contributed by atoms with Gasteiger partial charge in [0.1, 0.15) is 0 Å². The Kier molecular flexibility index (Phi) is 6.61. The highest BCUT2D eigenvalue weighted by molar-refractivity contribution is 4.82. The first-order chi connectivity index (χ1) is 4.81. The Balaban J connectivity index is 3.13. The highest BCUT2D eigenvalue weighted by atomic mass is 16.2. The van der Waals surface area contributed by atoms with E-state index in [1.165, 1.54) is 6.42 Å². The molecule has 0 aromatic carbocycles. The highest BCUT2D eigenvalue weighted by Gasteiger charge is 1.94. The van der Waals surface area contributed by atoms with Crippen LogP contribution in [0.5, 0.6) is 0 Å². The van der Waals surface area contributed by atoms with Crippen LogP contribution in [0.15, 0.2) is 12.2 Å². The van der Waals surface area contributed by atoms with Crippen LogP contribution in [0.3, 0.4) is 0 Å². The van der Waals surface area contributed by atoms with Gasteiger partial charge in [0, 0.05) is 6.61 Å². The second-order valence-corrected chi connectivity index (χ2v) is 2.72. The maximum atomic E-state index is 8.49. The second-order valence-electron chi connectivity index (χ2n) is 2.72. The van der Waals surface area contributed by atoms with E-state index in [4.69, 9.17) is 5.11 Å². The predicted molar refractivity (Wildman–Crippen MR) is 44.9 cm³/mol. The Bertz CT molecular complexity index is 86.7. The SMILES string of the molecule is C/C=C/C(C)CCCCO. The zero-order chi connectivity index (χ0) is 7.82. The Hall–Kier alpha value is -0.300. The number of unbranched alkanes of at least 4 members (excludes halogenated alkanes) is 1. The van der Waals surface area contributed by atoms with Crippen molar-refractivity contribution in [3.05, 3.63) is 12.2 Å². The predicted octanol–water partition coefficient (Wildman–Crippen LogP) is 2.36. The standard InChI is InChI=1S/C9H18O/c1-3-6-9(2)7-4-5-8-10/h3,6,9-10H,4-5,7-8H2,1-2H3/b6-3+. The minimum absolute atomic E-state index is 0.336. The fourth-order valence-electron chi connectivity index (χ4n) is 1.00. The first-order valence-corrected chi connectivity index (χ1v) is 4.05. The molecule has 0 heterocycles. The van der Waals surface area contributed by atoms with Crippen LogP contribution < -0.4 is 0 Å². The van der Waals surface area contributed by atoms with Crippen molar-refractivity contribution in [2.24, 2.45) is 5.92 Å². The maximum absolute atomic E-state index is 8.49. The molecule has 0 aliphatic rings. The van der Waals surface area contributed by atoms with Crippen LogP contribution in [0.1, 0.15) is 33.1 Å². The zero-order valence-corrected chi connectivity index (χ0v) is 7.01. The number of aliphatic hydroxyl groups is 1. The lowest BCUT2D eigenvalue weighted by atomic mass is 10.0. The van der Waals surface area contributed by atoms with E-state index >= 15 is 0 Å². The molecule has 0 spiro atoms. The zero-order valence-electron chi connectivity index (χ0n) is 7.01. The van der Waals surface area contributed by atoms with E-state index in [2.05, 4.69) is 19.1 Å². The van der Waals surface area contributed by atoms with Crippen molar-refractivity contribution < 1.29 is 5.11 Å². The van der Waals surface area contributed by atoms with Crippen LogP contribution in [-0.4, -0.2) is 11.7 Å². The van der Waals surface area contributed by atoms with Crippen molar-refractivity contribution in [2.45, 2.75) is 33.1 Å². The number of aliphatic hydroxyl groups excluding tert-OH is 1. The Morgan fingerprint density at radius 1 is 1.40 bits per heavy atom. The molecule has 1 unspecified atom stereocenters. The van der Waals surface area contributed by atoms with Gasteiger partial charge in [-0.3, -0.25) is 0 Å². The summed E-state index contributed by atoms with van der Waals surface area (Å²) in [5, 5.41) is 8.49. The molecule has 0 saturated carbocycles. The van der Waals surface area contributed by atoms with E-state index < -0.39 is 0 Å². The molecule has 60 valence electrons. The van der Waals surface area contributed by atoms with Crippen LogP contribution in [0, 0.1) is 5.92 Å². The lowest BCUT2D eigenvalue weighted by Gasteiger charge is -2.03. The lowest BCUT2D eigenvalue weighted by Crippen LogP contribution is -1.90. The molecule has 0 rings (SSSR count). The third-order valence-electron chi connectivity index (χ3n) is 1.59. The summed E-state index contributed by atoms with van der Waals surface area (Å²) < 4.78 is 0. The average Bonchev–Trinajstić information content (AvgIpc) is 1.89. The van der Waals surface area contributed by atoms with E-state index in [9.17, 15) is 0 Å². The molecule has 0 radical (unpaired) electrons. The van der Waals surface area contributed by atoms with Crippen molar-refractivity contribution >= 4 is 0 Å². The van der Waals surface area contributed by atoms with Gasteiger partial charge in [-0.05, 0) is 25.7 Å². The summed E-state index contributed by atoms with van der Waals surface area (Å²) in [4.78, 5) is 0. The largest absolute Gasteiger partial charge is 0.396 e. The third-order valence-corrected chi connectivity index (χ3v) is 1.59. The molecule has 0 aromatic rings. The van der Waals surface area contributed by atoms with Gasteiger partial charge < -0.3 is 5.11 Å². The fourth-order valence-corrected chi connectivity index (χ4v) is 1.00. The Labute approximate surface area is 63.8 Å². The quantitative estimate of drug-likeness (QED) is 0.461. The van der Waals surface area contributed by atoms with Crippen molar-refractivity contribution in [3.8, 4) is 0 Å². The molecule has 0 aliphatic carbocycles. The first-order valence-electron chi connectivity index (χ1n) is 4.05. The van der Waals surface area contributed by atoms with Crippen molar-refractivity contribution in [1.29, 1.82) is 0 Å². The van der Waals surface area contributed by atoms with Crippen LogP contribution in [0.25, 0.3) is 0 Å². The van der Waals surface area contributed by atoms with E-state index in [1.54, 1.807) is 0 Å². The highest BCUT2D eigenvalue weighted by Crippen LogP contribution is 2.08. The summed E-state index contributed by atoms with van der Waals surface area (Å²) >= 11 is 0. The van der Waals surface area contributed by atoms with Gasteiger partial charge in [0.05, 0.1) is 0 Å². The molecule has 10 heavy (non-hydrogen) atoms. The Morgan fingerprint density at radius 2 is 2.10 bits per heavy atom. The first kappa shape index (κ1) is 9.70. The van der Waals surface area contributed by atoms with E-state index in [1.807, 2.05) is 6.92 Å². The second kappa shape index (κ2) is 6.81. The summed E-state index contributed by atoms with van der Waals surface area (Å²) in [6.07, 6.45) is 7.58. The topological polar surface area (TPSA) is 20.2 Å². The minimum atomic E-state index is 0.336. The average molecular weight is 142 g/mol. The van der Waals surface area contributed by atoms with Gasteiger partial charge in [-0.15, -0.1) is 0 Å². The number of hydrogen-bond donors (Lipinski definition) is 1. The molecular formula is C9H18O. The molecule has 1 atom stereocenters. The smallest absolute Gasteiger partial charge is 0.0431 e. The summed E-state index contributed by atoms with van der Waals surface area (Å²) in [6, 6.07) is 0. The van der Waals surface area contributed by atoms with Crippen molar-refractivity contribution in [2.75, 3.05) is 6.61 Å². The van der Waals surface area contributed by atoms with E-state index in [-0.39, 0.29) is 0 Å². The molecule has 1 heteroatoms. The molecule has 0 aromatic heterocycles. The number of hydrogen-bond acceptors (Lipinski definition) is 1. The molecule has 0 amide bonds. The van der Waals surface area contributed by atoms with Crippen LogP contribution >= 0.6 is 0 Å². The van der Waals surface area contributed by atoms with Gasteiger partial charge >= 0.3 is 0 Å². The van der Waals surface area contributed by atoms with Gasteiger partial charge in [-0.1, -0.05) is 25.5 Å². The van der Waals surface area contributed by atoms with Gasteiger partial charge in [0.25, 0.3) is 0 Å². The Morgan fingerprint density at radius 3 is 2.60 bits per heavy atom. The molecule has 0 fully saturated rings. The number of allylic oxidation sites excluding steroid dienone is 2. The molecule has 1 N–H and O–H groups in total. The molecule has 0 bridgehead atoms. The summed E-state index contributed by atoms with van der Waals surface area (Å²) in [6.45, 7) is 4.59. The normalized spacial score (nSPS) is 14.3. The van der Waals surface area contributed by atoms with Crippen molar-refractivity contribution in [1.82, 2.24) is 0 Å². The maximum Gasteiger partial charge on any atom is 0.0431 e. The van der Waals surface area contributed by atoms with Gasteiger partial charge in [-0.25, -0.2) is 0 Å². The van der Waals surface area contributed by atoms with Crippen LogP contribution in [0.2, 0.25) is 0 Å². The van der Waals surface area contributed by atoms with Crippen molar-refractivity contribution in [3.63, 3.8) is 0 Å². The summed E-state index contributed by atoms with van der Waals surface area (Å²) in [5.74, 6) is 0.677. The van der Waals surface area contributed by atoms with E-state index in [0.29, 0.717) is 12.5 Å². The van der Waals surface area contributed by atoms with Gasteiger partial charge in [0.15, 0.2) is 0 Å². The molecule has 1 nitrogen and oxygen atoms in total. The van der Waals surface area contributed by atoms with Crippen LogP contribution in [-0.2, 0) is 0 Å². The molecule has 0 saturated heterocycles. The lowest BCUT2D eigenvalue weighted by molar-refractivity contribution is 0.281. The minimum Gasteiger partial charge on any atom is -0.396 e.